The van der Waals surface area contributed by atoms with E-state index in [0.29, 0.717) is 5.13 Å². The third-order valence-corrected chi connectivity index (χ3v) is 5.76. The quantitative estimate of drug-likeness (QED) is 0.421. The highest BCUT2D eigenvalue weighted by Crippen LogP contribution is 2.22. The van der Waals surface area contributed by atoms with Crippen molar-refractivity contribution in [3.8, 4) is 0 Å². The fraction of sp³-hybridized carbons (Fsp3) is 0.273. The Hall–Kier alpha value is -2.18. The maximum atomic E-state index is 12.2. The number of hydrogen-bond acceptors (Lipinski definition) is 4. The van der Waals surface area contributed by atoms with E-state index in [1.54, 1.807) is 0 Å². The summed E-state index contributed by atoms with van der Waals surface area (Å²) in [7, 11) is 0. The molecule has 2 N–H and O–H groups in total. The summed E-state index contributed by atoms with van der Waals surface area (Å²) >= 11 is 4.95. The fourth-order valence-electron chi connectivity index (χ4n) is 2.77. The first-order chi connectivity index (χ1) is 13.6. The molecule has 1 amide bonds. The summed E-state index contributed by atoms with van der Waals surface area (Å²) in [4.78, 5) is 17.6. The number of rotatable bonds is 9. The van der Waals surface area contributed by atoms with Crippen molar-refractivity contribution in [3.05, 3.63) is 75.2 Å². The molecule has 0 unspecified atom stereocenters. The number of nitrogens with one attached hydrogen (secondary N) is 2. The second-order valence-corrected chi connectivity index (χ2v) is 8.67. The van der Waals surface area contributed by atoms with E-state index in [0.717, 1.165) is 27.9 Å². The molecule has 1 aromatic heterocycles. The summed E-state index contributed by atoms with van der Waals surface area (Å²) in [6.07, 6.45) is 6.13. The first-order valence-corrected chi connectivity index (χ1v) is 11.0. The number of thiazole rings is 1. The number of aromatic nitrogens is 1. The van der Waals surface area contributed by atoms with E-state index in [1.807, 2.05) is 30.5 Å². The molecule has 0 saturated heterocycles. The summed E-state index contributed by atoms with van der Waals surface area (Å²) < 4.78 is 1.07. The van der Waals surface area contributed by atoms with Gasteiger partial charge in [0.05, 0.1) is 6.54 Å². The molecular formula is C22H24BrN3OS. The van der Waals surface area contributed by atoms with Crippen LogP contribution in [0.25, 0.3) is 0 Å². The highest BCUT2D eigenvalue weighted by molar-refractivity contribution is 9.10. The van der Waals surface area contributed by atoms with Crippen LogP contribution < -0.4 is 10.6 Å². The number of halogens is 1. The van der Waals surface area contributed by atoms with E-state index in [4.69, 9.17) is 0 Å². The summed E-state index contributed by atoms with van der Waals surface area (Å²) in [5, 5.41) is 6.66. The van der Waals surface area contributed by atoms with E-state index in [9.17, 15) is 4.79 Å². The molecule has 2 aromatic carbocycles. The van der Waals surface area contributed by atoms with E-state index in [1.165, 1.54) is 35.3 Å². The van der Waals surface area contributed by atoms with Gasteiger partial charge in [-0.3, -0.25) is 4.79 Å². The van der Waals surface area contributed by atoms with Crippen molar-refractivity contribution in [2.24, 2.45) is 0 Å². The molecule has 4 nitrogen and oxygen atoms in total. The topological polar surface area (TPSA) is 54.0 Å². The van der Waals surface area contributed by atoms with Gasteiger partial charge in [0.15, 0.2) is 5.13 Å². The average molecular weight is 458 g/mol. The van der Waals surface area contributed by atoms with Crippen LogP contribution in [0.1, 0.15) is 35.8 Å². The maximum Gasteiger partial charge on any atom is 0.245 e. The van der Waals surface area contributed by atoms with Crippen LogP contribution in [0.3, 0.4) is 0 Å². The number of nitrogens with zero attached hydrogens (tertiary/aromatic N) is 1. The predicted molar refractivity (Wildman–Crippen MR) is 121 cm³/mol. The number of carbonyl (C=O) groups is 1. The number of aryl methyl sites for hydroxylation is 1. The summed E-state index contributed by atoms with van der Waals surface area (Å²) in [6, 6.07) is 16.5. The third-order valence-electron chi connectivity index (χ3n) is 4.32. The van der Waals surface area contributed by atoms with Gasteiger partial charge in [0.2, 0.25) is 5.91 Å². The molecule has 3 rings (SSSR count). The molecule has 0 atom stereocenters. The molecule has 6 heteroatoms. The number of amides is 1. The minimum absolute atomic E-state index is 0.0976. The summed E-state index contributed by atoms with van der Waals surface area (Å²) in [6.45, 7) is 2.41. The molecule has 0 bridgehead atoms. The Morgan fingerprint density at radius 1 is 1.07 bits per heavy atom. The predicted octanol–water partition coefficient (Wildman–Crippen LogP) is 5.89. The zero-order chi connectivity index (χ0) is 19.8. The standard InChI is InChI=1S/C22H24BrN3OS/c1-2-3-4-16-7-11-19(12-8-16)24-15-21(27)26-22-25-14-20(28-22)13-17-5-9-18(23)10-6-17/h5-12,14,24H,2-4,13,15H2,1H3,(H,25,26,27). The van der Waals surface area contributed by atoms with Crippen LogP contribution in [0.5, 0.6) is 0 Å². The van der Waals surface area contributed by atoms with E-state index < -0.39 is 0 Å². The van der Waals surface area contributed by atoms with Crippen LogP contribution in [0.2, 0.25) is 0 Å². The number of carbonyl (C=O) groups excluding carboxylic acids is 1. The molecule has 0 spiro atoms. The van der Waals surface area contributed by atoms with Gasteiger partial charge in [0.1, 0.15) is 0 Å². The lowest BCUT2D eigenvalue weighted by Gasteiger charge is -2.07. The SMILES string of the molecule is CCCCc1ccc(NCC(=O)Nc2ncc(Cc3ccc(Br)cc3)s2)cc1. The number of hydrogen-bond donors (Lipinski definition) is 2. The number of unbranched alkanes of at least 4 members (excludes halogenated alkanes) is 1. The van der Waals surface area contributed by atoms with Gasteiger partial charge in [-0.2, -0.15) is 0 Å². The van der Waals surface area contributed by atoms with Crippen LogP contribution in [0, 0.1) is 0 Å². The Morgan fingerprint density at radius 3 is 2.50 bits per heavy atom. The zero-order valence-electron chi connectivity index (χ0n) is 15.9. The van der Waals surface area contributed by atoms with E-state index >= 15 is 0 Å². The van der Waals surface area contributed by atoms with Crippen LogP contribution >= 0.6 is 27.3 Å². The van der Waals surface area contributed by atoms with Gasteiger partial charge in [0, 0.05) is 27.7 Å². The van der Waals surface area contributed by atoms with Crippen molar-refractivity contribution in [1.29, 1.82) is 0 Å². The molecule has 0 fully saturated rings. The fourth-order valence-corrected chi connectivity index (χ4v) is 3.89. The molecule has 3 aromatic rings. The highest BCUT2D eigenvalue weighted by Gasteiger charge is 2.07. The first kappa shape index (κ1) is 20.6. The Bertz CT molecular complexity index is 891. The third kappa shape index (κ3) is 6.46. The molecule has 1 heterocycles. The van der Waals surface area contributed by atoms with Crippen LogP contribution in [-0.2, 0) is 17.6 Å². The monoisotopic (exact) mass is 457 g/mol. The Morgan fingerprint density at radius 2 is 1.79 bits per heavy atom. The lowest BCUT2D eigenvalue weighted by atomic mass is 10.1. The van der Waals surface area contributed by atoms with Crippen molar-refractivity contribution < 1.29 is 4.79 Å². The molecule has 0 aliphatic rings. The first-order valence-electron chi connectivity index (χ1n) is 9.44. The molecule has 146 valence electrons. The van der Waals surface area contributed by atoms with Crippen LogP contribution in [0.4, 0.5) is 10.8 Å². The second kappa shape index (κ2) is 10.4. The van der Waals surface area contributed by atoms with Gasteiger partial charge in [-0.15, -0.1) is 11.3 Å². The van der Waals surface area contributed by atoms with Crippen LogP contribution in [0.15, 0.2) is 59.2 Å². The van der Waals surface area contributed by atoms with Crippen molar-refractivity contribution >= 4 is 44.0 Å². The molecule has 0 aliphatic carbocycles. The molecule has 0 aliphatic heterocycles. The number of anilines is 2. The van der Waals surface area contributed by atoms with Crippen molar-refractivity contribution in [2.45, 2.75) is 32.6 Å². The lowest BCUT2D eigenvalue weighted by molar-refractivity contribution is -0.114. The Labute approximate surface area is 178 Å². The minimum atomic E-state index is -0.0976. The van der Waals surface area contributed by atoms with Gasteiger partial charge in [0.25, 0.3) is 0 Å². The zero-order valence-corrected chi connectivity index (χ0v) is 18.3. The highest BCUT2D eigenvalue weighted by atomic mass is 79.9. The minimum Gasteiger partial charge on any atom is -0.376 e. The smallest absolute Gasteiger partial charge is 0.245 e. The Balaban J connectivity index is 1.46. The molecule has 0 saturated carbocycles. The summed E-state index contributed by atoms with van der Waals surface area (Å²) in [5.41, 5.74) is 3.50. The average Bonchev–Trinajstić information content (AvgIpc) is 3.14. The normalized spacial score (nSPS) is 10.6. The van der Waals surface area contributed by atoms with Crippen molar-refractivity contribution in [3.63, 3.8) is 0 Å². The van der Waals surface area contributed by atoms with Crippen molar-refractivity contribution in [2.75, 3.05) is 17.2 Å². The largest absolute Gasteiger partial charge is 0.376 e. The lowest BCUT2D eigenvalue weighted by Crippen LogP contribution is -2.21. The van der Waals surface area contributed by atoms with Gasteiger partial charge < -0.3 is 10.6 Å². The van der Waals surface area contributed by atoms with E-state index in [-0.39, 0.29) is 12.5 Å². The number of benzene rings is 2. The maximum absolute atomic E-state index is 12.2. The van der Waals surface area contributed by atoms with Crippen LogP contribution in [-0.4, -0.2) is 17.4 Å². The van der Waals surface area contributed by atoms with Gasteiger partial charge in [-0.25, -0.2) is 4.98 Å². The Kier molecular flexibility index (Phi) is 7.62. The van der Waals surface area contributed by atoms with Gasteiger partial charge in [-0.1, -0.05) is 53.5 Å². The summed E-state index contributed by atoms with van der Waals surface area (Å²) in [5.74, 6) is -0.0976. The second-order valence-electron chi connectivity index (χ2n) is 6.64. The molecule has 28 heavy (non-hydrogen) atoms. The van der Waals surface area contributed by atoms with Crippen molar-refractivity contribution in [1.82, 2.24) is 4.98 Å². The molecular weight excluding hydrogens is 434 g/mol. The van der Waals surface area contributed by atoms with Gasteiger partial charge >= 0.3 is 0 Å². The molecule has 0 radical (unpaired) electrons. The van der Waals surface area contributed by atoms with E-state index in [2.05, 4.69) is 62.7 Å². The van der Waals surface area contributed by atoms with Gasteiger partial charge in [-0.05, 0) is 48.2 Å².